The first-order valence-corrected chi connectivity index (χ1v) is 7.75. The normalized spacial score (nSPS) is 18.3. The molecule has 6 nitrogen and oxygen atoms in total. The van der Waals surface area contributed by atoms with Crippen LogP contribution in [0.4, 0.5) is 0 Å². The molecule has 1 N–H and O–H groups in total. The molecule has 0 aliphatic carbocycles. The lowest BCUT2D eigenvalue weighted by molar-refractivity contribution is -0.138. The van der Waals surface area contributed by atoms with Gasteiger partial charge in [0.2, 0.25) is 5.91 Å². The van der Waals surface area contributed by atoms with Crippen LogP contribution in [0.1, 0.15) is 12.5 Å². The zero-order valence-corrected chi connectivity index (χ0v) is 13.1. The van der Waals surface area contributed by atoms with Gasteiger partial charge < -0.3 is 19.7 Å². The lowest BCUT2D eigenvalue weighted by Gasteiger charge is -2.29. The van der Waals surface area contributed by atoms with Crippen molar-refractivity contribution in [1.29, 1.82) is 0 Å². The molecule has 2 amide bonds. The van der Waals surface area contributed by atoms with Gasteiger partial charge >= 0.3 is 0 Å². The summed E-state index contributed by atoms with van der Waals surface area (Å²) >= 11 is 0. The third kappa shape index (κ3) is 3.53. The van der Waals surface area contributed by atoms with Gasteiger partial charge in [0.1, 0.15) is 18.4 Å². The minimum absolute atomic E-state index is 0.0839. The number of carbonyl (C=O) groups is 2. The quantitative estimate of drug-likeness (QED) is 0.897. The van der Waals surface area contributed by atoms with Crippen molar-refractivity contribution in [2.75, 3.05) is 32.9 Å². The molecular formula is C17H20N2O4. The highest BCUT2D eigenvalue weighted by molar-refractivity contribution is 6.01. The van der Waals surface area contributed by atoms with E-state index in [-0.39, 0.29) is 18.4 Å². The van der Waals surface area contributed by atoms with Crippen LogP contribution in [0, 0.1) is 0 Å². The number of hydrogen-bond acceptors (Lipinski definition) is 4. The highest BCUT2D eigenvalue weighted by atomic mass is 16.5. The largest absolute Gasteiger partial charge is 0.488 e. The number of ether oxygens (including phenoxy) is 2. The van der Waals surface area contributed by atoms with E-state index < -0.39 is 6.04 Å². The summed E-state index contributed by atoms with van der Waals surface area (Å²) in [5.74, 6) is 0.412. The predicted octanol–water partition coefficient (Wildman–Crippen LogP) is 0.826. The van der Waals surface area contributed by atoms with Crippen LogP contribution < -0.4 is 10.1 Å². The van der Waals surface area contributed by atoms with Crippen molar-refractivity contribution in [2.45, 2.75) is 13.0 Å². The van der Waals surface area contributed by atoms with Crippen LogP contribution in [0.25, 0.3) is 6.08 Å². The van der Waals surface area contributed by atoms with E-state index in [1.54, 1.807) is 17.9 Å². The average molecular weight is 316 g/mol. The lowest BCUT2D eigenvalue weighted by Crippen LogP contribution is -2.51. The number of carbonyl (C=O) groups excluding carboxylic acids is 2. The zero-order chi connectivity index (χ0) is 16.2. The number of hydrogen-bond donors (Lipinski definition) is 1. The molecule has 1 aromatic carbocycles. The second kappa shape index (κ2) is 6.83. The summed E-state index contributed by atoms with van der Waals surface area (Å²) in [6, 6.07) is 6.97. The number of fused-ring (bicyclic) bond motifs is 1. The summed E-state index contributed by atoms with van der Waals surface area (Å²) < 4.78 is 10.8. The van der Waals surface area contributed by atoms with E-state index >= 15 is 0 Å². The van der Waals surface area contributed by atoms with E-state index in [1.165, 1.54) is 0 Å². The maximum Gasteiger partial charge on any atom is 0.251 e. The van der Waals surface area contributed by atoms with Gasteiger partial charge in [0.25, 0.3) is 5.91 Å². The Hall–Kier alpha value is -2.34. The summed E-state index contributed by atoms with van der Waals surface area (Å²) in [4.78, 5) is 26.4. The Morgan fingerprint density at radius 1 is 1.22 bits per heavy atom. The Morgan fingerprint density at radius 3 is 2.74 bits per heavy atom. The van der Waals surface area contributed by atoms with Crippen LogP contribution in [-0.2, 0) is 14.3 Å². The number of amides is 2. The summed E-state index contributed by atoms with van der Waals surface area (Å²) in [5, 5.41) is 2.76. The molecule has 23 heavy (non-hydrogen) atoms. The first-order valence-electron chi connectivity index (χ1n) is 7.75. The second-order valence-electron chi connectivity index (χ2n) is 5.63. The fourth-order valence-corrected chi connectivity index (χ4v) is 2.66. The van der Waals surface area contributed by atoms with Gasteiger partial charge in [0.05, 0.1) is 18.8 Å². The van der Waals surface area contributed by atoms with Crippen LogP contribution in [0.3, 0.4) is 0 Å². The zero-order valence-electron chi connectivity index (χ0n) is 13.1. The van der Waals surface area contributed by atoms with Crippen molar-refractivity contribution in [3.63, 3.8) is 0 Å². The van der Waals surface area contributed by atoms with E-state index in [9.17, 15) is 9.59 Å². The van der Waals surface area contributed by atoms with Crippen molar-refractivity contribution >= 4 is 17.9 Å². The van der Waals surface area contributed by atoms with Gasteiger partial charge in [-0.05, 0) is 19.1 Å². The molecule has 1 atom stereocenters. The smallest absolute Gasteiger partial charge is 0.251 e. The number of para-hydroxylation sites is 1. The summed E-state index contributed by atoms with van der Waals surface area (Å²) in [6.07, 6.45) is 1.81. The molecule has 1 unspecified atom stereocenters. The molecule has 0 saturated carbocycles. The molecule has 2 aliphatic rings. The Morgan fingerprint density at radius 2 is 1.96 bits per heavy atom. The third-order valence-electron chi connectivity index (χ3n) is 3.96. The van der Waals surface area contributed by atoms with Gasteiger partial charge in [0.15, 0.2) is 0 Å². The van der Waals surface area contributed by atoms with Crippen LogP contribution in [0.5, 0.6) is 5.75 Å². The summed E-state index contributed by atoms with van der Waals surface area (Å²) in [5.41, 5.74) is 1.39. The van der Waals surface area contributed by atoms with Crippen molar-refractivity contribution in [3.8, 4) is 5.75 Å². The summed E-state index contributed by atoms with van der Waals surface area (Å²) in [6.45, 7) is 4.13. The molecule has 6 heteroatoms. The molecule has 2 heterocycles. The number of nitrogens with one attached hydrogen (secondary N) is 1. The minimum Gasteiger partial charge on any atom is -0.488 e. The SMILES string of the molecule is CC(NC(=O)C1=Cc2ccccc2OC1)C(=O)N1CCOCC1. The molecule has 2 aliphatic heterocycles. The number of benzene rings is 1. The number of rotatable bonds is 3. The molecule has 1 aromatic rings. The average Bonchev–Trinajstić information content (AvgIpc) is 2.61. The van der Waals surface area contributed by atoms with E-state index in [4.69, 9.17) is 9.47 Å². The van der Waals surface area contributed by atoms with Gasteiger partial charge in [-0.15, -0.1) is 0 Å². The topological polar surface area (TPSA) is 67.9 Å². The fourth-order valence-electron chi connectivity index (χ4n) is 2.66. The van der Waals surface area contributed by atoms with Gasteiger partial charge in [0, 0.05) is 18.7 Å². The molecular weight excluding hydrogens is 296 g/mol. The lowest BCUT2D eigenvalue weighted by atomic mass is 10.1. The number of morpholine rings is 1. The minimum atomic E-state index is -0.571. The highest BCUT2D eigenvalue weighted by Gasteiger charge is 2.25. The Kier molecular flexibility index (Phi) is 4.62. The Balaban J connectivity index is 1.63. The maximum absolute atomic E-state index is 12.4. The molecule has 122 valence electrons. The highest BCUT2D eigenvalue weighted by Crippen LogP contribution is 2.25. The van der Waals surface area contributed by atoms with Crippen LogP contribution in [-0.4, -0.2) is 55.7 Å². The monoisotopic (exact) mass is 316 g/mol. The maximum atomic E-state index is 12.4. The second-order valence-corrected chi connectivity index (χ2v) is 5.63. The fraction of sp³-hybridized carbons (Fsp3) is 0.412. The molecule has 3 rings (SSSR count). The summed E-state index contributed by atoms with van der Waals surface area (Å²) in [7, 11) is 0. The van der Waals surface area contributed by atoms with Gasteiger partial charge in [-0.3, -0.25) is 9.59 Å². The third-order valence-corrected chi connectivity index (χ3v) is 3.96. The molecule has 0 radical (unpaired) electrons. The van der Waals surface area contributed by atoms with Gasteiger partial charge in [-0.2, -0.15) is 0 Å². The van der Waals surface area contributed by atoms with E-state index in [0.29, 0.717) is 31.9 Å². The molecule has 0 aromatic heterocycles. The van der Waals surface area contributed by atoms with E-state index in [0.717, 1.165) is 11.3 Å². The van der Waals surface area contributed by atoms with Gasteiger partial charge in [-0.25, -0.2) is 0 Å². The number of nitrogens with zero attached hydrogens (tertiary/aromatic N) is 1. The van der Waals surface area contributed by atoms with Crippen LogP contribution in [0.2, 0.25) is 0 Å². The van der Waals surface area contributed by atoms with Crippen molar-refractivity contribution in [3.05, 3.63) is 35.4 Å². The van der Waals surface area contributed by atoms with E-state index in [2.05, 4.69) is 5.32 Å². The Labute approximate surface area is 135 Å². The van der Waals surface area contributed by atoms with Crippen LogP contribution in [0.15, 0.2) is 29.8 Å². The first-order chi connectivity index (χ1) is 11.1. The standard InChI is InChI=1S/C17H20N2O4/c1-12(17(21)19-6-8-22-9-7-19)18-16(20)14-10-13-4-2-3-5-15(13)23-11-14/h2-5,10,12H,6-9,11H2,1H3,(H,18,20). The van der Waals surface area contributed by atoms with Gasteiger partial charge in [-0.1, -0.05) is 18.2 Å². The molecule has 0 bridgehead atoms. The Bertz CT molecular complexity index is 635. The predicted molar refractivity (Wildman–Crippen MR) is 84.9 cm³/mol. The van der Waals surface area contributed by atoms with Crippen LogP contribution >= 0.6 is 0 Å². The molecule has 1 fully saturated rings. The van der Waals surface area contributed by atoms with Crippen molar-refractivity contribution in [1.82, 2.24) is 10.2 Å². The molecule has 0 spiro atoms. The van der Waals surface area contributed by atoms with Crippen molar-refractivity contribution in [2.24, 2.45) is 0 Å². The first kappa shape index (κ1) is 15.6. The molecule has 1 saturated heterocycles. The van der Waals surface area contributed by atoms with Crippen molar-refractivity contribution < 1.29 is 19.1 Å². The van der Waals surface area contributed by atoms with E-state index in [1.807, 2.05) is 24.3 Å².